The van der Waals surface area contributed by atoms with Gasteiger partial charge in [-0.3, -0.25) is 0 Å². The van der Waals surface area contributed by atoms with E-state index in [1.54, 1.807) is 12.1 Å². The Labute approximate surface area is 124 Å². The second-order valence-corrected chi connectivity index (χ2v) is 6.23. The van der Waals surface area contributed by atoms with Gasteiger partial charge in [0, 0.05) is 23.4 Å². The van der Waals surface area contributed by atoms with Gasteiger partial charge in [-0.2, -0.15) is 0 Å². The van der Waals surface area contributed by atoms with Gasteiger partial charge in [0.25, 0.3) is 0 Å². The molecule has 0 atom stereocenters. The first-order chi connectivity index (χ1) is 10.2. The maximum Gasteiger partial charge on any atom is 0.181 e. The minimum absolute atomic E-state index is 0.266. The molecule has 1 fully saturated rings. The van der Waals surface area contributed by atoms with Gasteiger partial charge in [-0.1, -0.05) is 11.3 Å². The molecule has 1 saturated carbocycles. The highest BCUT2D eigenvalue weighted by Gasteiger charge is 2.26. The van der Waals surface area contributed by atoms with Gasteiger partial charge < -0.3 is 10.7 Å². The third-order valence-corrected chi connectivity index (χ3v) is 4.48. The van der Waals surface area contributed by atoms with Crippen LogP contribution >= 0.6 is 11.3 Å². The van der Waals surface area contributed by atoms with Crippen molar-refractivity contribution in [1.82, 2.24) is 15.0 Å². The zero-order valence-electron chi connectivity index (χ0n) is 11.1. The first-order valence-electron chi connectivity index (χ1n) is 6.78. The van der Waals surface area contributed by atoms with Gasteiger partial charge in [0.2, 0.25) is 0 Å². The highest BCUT2D eigenvalue weighted by atomic mass is 32.1. The maximum atomic E-state index is 13.1. The molecular weight excluding hydrogens is 287 g/mol. The van der Waals surface area contributed by atoms with E-state index in [0.29, 0.717) is 11.0 Å². The van der Waals surface area contributed by atoms with Gasteiger partial charge in [0.05, 0.1) is 10.6 Å². The topological polar surface area (TPSA) is 67.6 Å². The van der Waals surface area contributed by atoms with Gasteiger partial charge in [0.1, 0.15) is 11.6 Å². The summed E-state index contributed by atoms with van der Waals surface area (Å²) in [7, 11) is 0. The lowest BCUT2D eigenvalue weighted by atomic mass is 10.1. The van der Waals surface area contributed by atoms with Gasteiger partial charge in [-0.25, -0.2) is 14.4 Å². The molecule has 0 saturated heterocycles. The summed E-state index contributed by atoms with van der Waals surface area (Å²) in [6.07, 6.45) is 4.33. The van der Waals surface area contributed by atoms with E-state index in [4.69, 9.17) is 5.73 Å². The van der Waals surface area contributed by atoms with Crippen LogP contribution in [-0.4, -0.2) is 15.0 Å². The summed E-state index contributed by atoms with van der Waals surface area (Å²) in [6.45, 7) is 0. The fourth-order valence-electron chi connectivity index (χ4n) is 2.35. The number of aromatic nitrogens is 3. The highest BCUT2D eigenvalue weighted by Crippen LogP contribution is 2.41. The number of H-pyrrole nitrogens is 1. The second kappa shape index (κ2) is 4.66. The van der Waals surface area contributed by atoms with Crippen molar-refractivity contribution in [3.63, 3.8) is 0 Å². The second-order valence-electron chi connectivity index (χ2n) is 5.20. The molecule has 2 aromatic heterocycles. The van der Waals surface area contributed by atoms with Crippen LogP contribution in [0.5, 0.6) is 0 Å². The molecule has 2 heterocycles. The number of nitrogens with zero attached hydrogens (tertiary/aromatic N) is 2. The molecule has 0 spiro atoms. The SMILES string of the molecule is Nc1nc(-c2ccc(F)cc2)c(-c2ncc(C3CC3)[nH]2)s1. The summed E-state index contributed by atoms with van der Waals surface area (Å²) in [5, 5.41) is 0.480. The number of imidazole rings is 1. The predicted molar refractivity (Wildman–Crippen MR) is 81.5 cm³/mol. The molecule has 3 aromatic rings. The van der Waals surface area contributed by atoms with Gasteiger partial charge >= 0.3 is 0 Å². The Balaban J connectivity index is 1.79. The third-order valence-electron chi connectivity index (χ3n) is 3.59. The van der Waals surface area contributed by atoms with E-state index in [-0.39, 0.29) is 5.82 Å². The molecule has 0 radical (unpaired) electrons. The molecule has 0 bridgehead atoms. The first-order valence-corrected chi connectivity index (χ1v) is 7.60. The molecule has 0 aliphatic heterocycles. The van der Waals surface area contributed by atoms with Gasteiger partial charge in [-0.15, -0.1) is 0 Å². The molecule has 6 heteroatoms. The lowest BCUT2D eigenvalue weighted by molar-refractivity contribution is 0.628. The lowest BCUT2D eigenvalue weighted by Gasteiger charge is -2.00. The molecule has 106 valence electrons. The summed E-state index contributed by atoms with van der Waals surface area (Å²) in [5.74, 6) is 1.13. The molecule has 0 amide bonds. The average molecular weight is 300 g/mol. The Morgan fingerprint density at radius 2 is 2.00 bits per heavy atom. The van der Waals surface area contributed by atoms with E-state index in [0.717, 1.165) is 22.0 Å². The maximum absolute atomic E-state index is 13.1. The zero-order chi connectivity index (χ0) is 14.4. The zero-order valence-corrected chi connectivity index (χ0v) is 12.0. The molecular formula is C15H13FN4S. The van der Waals surface area contributed by atoms with E-state index in [9.17, 15) is 4.39 Å². The van der Waals surface area contributed by atoms with Crippen molar-refractivity contribution in [3.8, 4) is 22.0 Å². The van der Waals surface area contributed by atoms with Crippen LogP contribution in [0.2, 0.25) is 0 Å². The molecule has 1 aromatic carbocycles. The van der Waals surface area contributed by atoms with Crippen LogP contribution in [-0.2, 0) is 0 Å². The number of halogens is 1. The van der Waals surface area contributed by atoms with Gasteiger partial charge in [0.15, 0.2) is 5.13 Å². The van der Waals surface area contributed by atoms with Crippen molar-refractivity contribution in [2.45, 2.75) is 18.8 Å². The van der Waals surface area contributed by atoms with Crippen molar-refractivity contribution in [1.29, 1.82) is 0 Å². The van der Waals surface area contributed by atoms with Crippen LogP contribution in [0.15, 0.2) is 30.5 Å². The molecule has 0 unspecified atom stereocenters. The first kappa shape index (κ1) is 12.5. The normalized spacial score (nSPS) is 14.5. The Kier molecular flexibility index (Phi) is 2.78. The number of rotatable bonds is 3. The number of hydrogen-bond donors (Lipinski definition) is 2. The number of nitrogens with two attached hydrogens (primary N) is 1. The van der Waals surface area contributed by atoms with Crippen LogP contribution in [0, 0.1) is 5.82 Å². The van der Waals surface area contributed by atoms with Crippen molar-refractivity contribution in [2.24, 2.45) is 0 Å². The quantitative estimate of drug-likeness (QED) is 0.773. The fourth-order valence-corrected chi connectivity index (χ4v) is 3.16. The van der Waals surface area contributed by atoms with Crippen LogP contribution in [0.1, 0.15) is 24.5 Å². The summed E-state index contributed by atoms with van der Waals surface area (Å²) < 4.78 is 13.1. The monoisotopic (exact) mass is 300 g/mol. The van der Waals surface area contributed by atoms with E-state index < -0.39 is 0 Å². The Morgan fingerprint density at radius 3 is 2.71 bits per heavy atom. The summed E-state index contributed by atoms with van der Waals surface area (Å²) in [5.41, 5.74) is 8.60. The van der Waals surface area contributed by atoms with Crippen LogP contribution in [0.4, 0.5) is 9.52 Å². The predicted octanol–water partition coefficient (Wildman–Crippen LogP) is 3.80. The van der Waals surface area contributed by atoms with Crippen molar-refractivity contribution in [2.75, 3.05) is 5.73 Å². The fraction of sp³-hybridized carbons (Fsp3) is 0.200. The third kappa shape index (κ3) is 2.31. The van der Waals surface area contributed by atoms with Crippen molar-refractivity contribution < 1.29 is 4.39 Å². The Bertz CT molecular complexity index is 786. The van der Waals surface area contributed by atoms with Gasteiger partial charge in [-0.05, 0) is 37.1 Å². The molecule has 1 aliphatic rings. The summed E-state index contributed by atoms with van der Waals surface area (Å²) >= 11 is 1.39. The van der Waals surface area contributed by atoms with E-state index >= 15 is 0 Å². The van der Waals surface area contributed by atoms with Crippen molar-refractivity contribution in [3.05, 3.63) is 42.0 Å². The molecule has 4 rings (SSSR count). The summed E-state index contributed by atoms with van der Waals surface area (Å²) in [6, 6.07) is 6.26. The minimum Gasteiger partial charge on any atom is -0.375 e. The van der Waals surface area contributed by atoms with Crippen LogP contribution < -0.4 is 5.73 Å². The minimum atomic E-state index is -0.266. The molecule has 21 heavy (non-hydrogen) atoms. The molecule has 3 N–H and O–H groups in total. The number of nitrogen functional groups attached to an aromatic ring is 1. The highest BCUT2D eigenvalue weighted by molar-refractivity contribution is 7.19. The van der Waals surface area contributed by atoms with E-state index in [2.05, 4.69) is 15.0 Å². The Hall–Kier alpha value is -2.21. The van der Waals surface area contributed by atoms with Crippen LogP contribution in [0.3, 0.4) is 0 Å². The lowest BCUT2D eigenvalue weighted by Crippen LogP contribution is -1.86. The summed E-state index contributed by atoms with van der Waals surface area (Å²) in [4.78, 5) is 13.1. The number of nitrogens with one attached hydrogen (secondary N) is 1. The number of aromatic amines is 1. The van der Waals surface area contributed by atoms with E-state index in [1.165, 1.54) is 42.0 Å². The number of benzene rings is 1. The Morgan fingerprint density at radius 1 is 1.24 bits per heavy atom. The molecule has 1 aliphatic carbocycles. The standard InChI is InChI=1S/C15H13FN4S/c16-10-5-3-9(4-6-10)12-13(21-15(17)20-12)14-18-7-11(19-14)8-1-2-8/h3-8H,1-2H2,(H2,17,20)(H,18,19). The van der Waals surface area contributed by atoms with Crippen molar-refractivity contribution >= 4 is 16.5 Å². The smallest absolute Gasteiger partial charge is 0.181 e. The van der Waals surface area contributed by atoms with E-state index in [1.807, 2.05) is 6.20 Å². The molecule has 4 nitrogen and oxygen atoms in total. The average Bonchev–Trinajstić information content (AvgIpc) is 3.08. The number of anilines is 1. The van der Waals surface area contributed by atoms with Crippen LogP contribution in [0.25, 0.3) is 22.0 Å². The number of hydrogen-bond acceptors (Lipinski definition) is 4. The largest absolute Gasteiger partial charge is 0.375 e. The number of thiazole rings is 1.